The van der Waals surface area contributed by atoms with Crippen LogP contribution in [0.3, 0.4) is 0 Å². The minimum atomic E-state index is -4.60. The lowest BCUT2D eigenvalue weighted by atomic mass is 9.75. The molecule has 2 atom stereocenters. The van der Waals surface area contributed by atoms with Crippen LogP contribution in [-0.4, -0.2) is 31.2 Å². The van der Waals surface area contributed by atoms with Gasteiger partial charge in [0.15, 0.2) is 9.84 Å². The van der Waals surface area contributed by atoms with Crippen molar-refractivity contribution in [2.75, 3.05) is 0 Å². The molecule has 0 bridgehead atoms. The molecule has 2 aliphatic rings. The number of rotatable bonds is 6. The van der Waals surface area contributed by atoms with Crippen molar-refractivity contribution in [3.8, 4) is 0 Å². The monoisotopic (exact) mass is 460 g/mol. The zero-order chi connectivity index (χ0) is 23.0. The van der Waals surface area contributed by atoms with Crippen molar-refractivity contribution in [3.63, 3.8) is 0 Å². The molecule has 5 nitrogen and oxygen atoms in total. The minimum Gasteiger partial charge on any atom is -0.353 e. The Balaban J connectivity index is 1.58. The summed E-state index contributed by atoms with van der Waals surface area (Å²) in [5.41, 5.74) is 5.09. The van der Waals surface area contributed by atoms with E-state index in [1.165, 1.54) is 6.07 Å². The summed E-state index contributed by atoms with van der Waals surface area (Å²) in [5.74, 6) is -0.0991. The standard InChI is InChI=1S/C22H31F3N2O3S/c1-21(2,31(29,30)17-7-5-6-15(12-17)22(23,24)25)13-14-10-16(11-14)27-20(28)18-8-3-4-9-19(18)26/h5-7,12,14,16,18-19H,3-4,8-11,13,26H2,1-2H3,(H,27,28)/t14-,16-,18-,19-/m1/s1. The fourth-order valence-electron chi connectivity index (χ4n) is 4.78. The van der Waals surface area contributed by atoms with E-state index in [1.54, 1.807) is 13.8 Å². The second-order valence-electron chi connectivity index (χ2n) is 9.59. The van der Waals surface area contributed by atoms with Gasteiger partial charge in [-0.05, 0) is 70.1 Å². The highest BCUT2D eigenvalue weighted by molar-refractivity contribution is 7.92. The van der Waals surface area contributed by atoms with Crippen LogP contribution in [-0.2, 0) is 20.8 Å². The fraction of sp³-hybridized carbons (Fsp3) is 0.682. The Morgan fingerprint density at radius 2 is 1.81 bits per heavy atom. The van der Waals surface area contributed by atoms with Gasteiger partial charge in [-0.2, -0.15) is 13.2 Å². The molecule has 0 heterocycles. The second kappa shape index (κ2) is 8.73. The van der Waals surface area contributed by atoms with E-state index >= 15 is 0 Å². The Kier molecular flexibility index (Phi) is 6.77. The van der Waals surface area contributed by atoms with Crippen LogP contribution >= 0.6 is 0 Å². The highest BCUT2D eigenvalue weighted by Gasteiger charge is 2.43. The van der Waals surface area contributed by atoms with Gasteiger partial charge in [-0.25, -0.2) is 8.42 Å². The quantitative estimate of drug-likeness (QED) is 0.670. The third kappa shape index (κ3) is 5.25. The number of halogens is 3. The number of amides is 1. The molecule has 3 rings (SSSR count). The maximum absolute atomic E-state index is 13.1. The van der Waals surface area contributed by atoms with Crippen LogP contribution in [0, 0.1) is 11.8 Å². The maximum Gasteiger partial charge on any atom is 0.416 e. The molecule has 0 aliphatic heterocycles. The first-order valence-corrected chi connectivity index (χ1v) is 12.3. The van der Waals surface area contributed by atoms with E-state index in [0.29, 0.717) is 25.3 Å². The van der Waals surface area contributed by atoms with Gasteiger partial charge in [0, 0.05) is 12.1 Å². The molecular weight excluding hydrogens is 429 g/mol. The van der Waals surface area contributed by atoms with Gasteiger partial charge in [-0.1, -0.05) is 18.9 Å². The number of benzene rings is 1. The number of nitrogens with one attached hydrogen (secondary N) is 1. The summed E-state index contributed by atoms with van der Waals surface area (Å²) in [4.78, 5) is 12.2. The summed E-state index contributed by atoms with van der Waals surface area (Å²) in [6.45, 7) is 3.10. The van der Waals surface area contributed by atoms with Crippen molar-refractivity contribution in [2.24, 2.45) is 17.6 Å². The summed E-state index contributed by atoms with van der Waals surface area (Å²) in [6.07, 6.45) is 0.742. The highest BCUT2D eigenvalue weighted by Crippen LogP contribution is 2.40. The van der Waals surface area contributed by atoms with Crippen LogP contribution in [0.4, 0.5) is 13.2 Å². The largest absolute Gasteiger partial charge is 0.416 e. The van der Waals surface area contributed by atoms with Gasteiger partial charge in [-0.3, -0.25) is 4.79 Å². The molecule has 9 heteroatoms. The number of sulfone groups is 1. The van der Waals surface area contributed by atoms with Gasteiger partial charge < -0.3 is 11.1 Å². The molecule has 0 saturated heterocycles. The minimum absolute atomic E-state index is 0.00121. The molecule has 3 N–H and O–H groups in total. The average molecular weight is 461 g/mol. The molecule has 0 spiro atoms. The molecule has 174 valence electrons. The molecule has 1 aromatic rings. The number of nitrogens with two attached hydrogens (primary N) is 1. The van der Waals surface area contributed by atoms with E-state index in [-0.39, 0.29) is 34.7 Å². The average Bonchev–Trinajstić information content (AvgIpc) is 2.65. The number of hydrogen-bond donors (Lipinski definition) is 2. The van der Waals surface area contributed by atoms with E-state index in [2.05, 4.69) is 5.32 Å². The fourth-order valence-corrected chi connectivity index (χ4v) is 6.41. The van der Waals surface area contributed by atoms with Crippen molar-refractivity contribution in [1.29, 1.82) is 0 Å². The van der Waals surface area contributed by atoms with Crippen LogP contribution in [0.1, 0.15) is 64.4 Å². The SMILES string of the molecule is CC(C)(C[C@H]1C[C@H](NC(=O)[C@@H]2CCCC[C@H]2N)C1)S(=O)(=O)c1cccc(C(F)(F)F)c1. The van der Waals surface area contributed by atoms with Crippen LogP contribution in [0.15, 0.2) is 29.2 Å². The van der Waals surface area contributed by atoms with Gasteiger partial charge in [0.2, 0.25) is 5.91 Å². The van der Waals surface area contributed by atoms with E-state index in [9.17, 15) is 26.4 Å². The summed E-state index contributed by atoms with van der Waals surface area (Å²) >= 11 is 0. The van der Waals surface area contributed by atoms with E-state index < -0.39 is 26.3 Å². The highest BCUT2D eigenvalue weighted by atomic mass is 32.2. The summed E-state index contributed by atoms with van der Waals surface area (Å²) in [7, 11) is -3.96. The first kappa shape index (κ1) is 24.0. The maximum atomic E-state index is 13.1. The van der Waals surface area contributed by atoms with Crippen molar-refractivity contribution in [1.82, 2.24) is 5.32 Å². The Labute approximate surface area is 181 Å². The normalized spacial score (nSPS) is 27.4. The molecule has 1 amide bonds. The van der Waals surface area contributed by atoms with E-state index in [4.69, 9.17) is 5.73 Å². The molecule has 31 heavy (non-hydrogen) atoms. The van der Waals surface area contributed by atoms with Crippen molar-refractivity contribution < 1.29 is 26.4 Å². The predicted molar refractivity (Wildman–Crippen MR) is 112 cm³/mol. The molecule has 0 radical (unpaired) electrons. The molecular formula is C22H31F3N2O3S. The number of hydrogen-bond acceptors (Lipinski definition) is 4. The van der Waals surface area contributed by atoms with Crippen LogP contribution < -0.4 is 11.1 Å². The lowest BCUT2D eigenvalue weighted by Gasteiger charge is -2.41. The summed E-state index contributed by atoms with van der Waals surface area (Å²) in [5, 5.41) is 3.03. The number of alkyl halides is 3. The topological polar surface area (TPSA) is 89.3 Å². The van der Waals surface area contributed by atoms with E-state index in [0.717, 1.165) is 37.8 Å². The molecule has 1 aromatic carbocycles. The second-order valence-corrected chi connectivity index (χ2v) is 12.2. The molecule has 0 unspecified atom stereocenters. The summed E-state index contributed by atoms with van der Waals surface area (Å²) in [6, 6.07) is 3.79. The Hall–Kier alpha value is -1.61. The Morgan fingerprint density at radius 3 is 2.42 bits per heavy atom. The Morgan fingerprint density at radius 1 is 1.16 bits per heavy atom. The number of carbonyl (C=O) groups excluding carboxylic acids is 1. The third-order valence-corrected chi connectivity index (χ3v) is 9.21. The smallest absolute Gasteiger partial charge is 0.353 e. The molecule has 0 aromatic heterocycles. The molecule has 2 aliphatic carbocycles. The lowest BCUT2D eigenvalue weighted by molar-refractivity contribution is -0.137. The molecule has 2 fully saturated rings. The van der Waals surface area contributed by atoms with E-state index in [1.807, 2.05) is 0 Å². The first-order valence-electron chi connectivity index (χ1n) is 10.8. The number of carbonyl (C=O) groups is 1. The zero-order valence-electron chi connectivity index (χ0n) is 17.9. The van der Waals surface area contributed by atoms with Gasteiger partial charge in [0.05, 0.1) is 21.1 Å². The van der Waals surface area contributed by atoms with Crippen molar-refractivity contribution in [2.45, 2.75) is 86.7 Å². The van der Waals surface area contributed by atoms with Gasteiger partial charge in [0.1, 0.15) is 0 Å². The van der Waals surface area contributed by atoms with Gasteiger partial charge in [0.25, 0.3) is 0 Å². The lowest BCUT2D eigenvalue weighted by Crippen LogP contribution is -2.51. The van der Waals surface area contributed by atoms with Crippen molar-refractivity contribution >= 4 is 15.7 Å². The van der Waals surface area contributed by atoms with Crippen LogP contribution in [0.5, 0.6) is 0 Å². The zero-order valence-corrected chi connectivity index (χ0v) is 18.7. The third-order valence-electron chi connectivity index (χ3n) is 6.72. The predicted octanol–water partition coefficient (Wildman–Crippen LogP) is 4.06. The van der Waals surface area contributed by atoms with Crippen LogP contribution in [0.2, 0.25) is 0 Å². The van der Waals surface area contributed by atoms with Crippen molar-refractivity contribution in [3.05, 3.63) is 29.8 Å². The van der Waals surface area contributed by atoms with Crippen LogP contribution in [0.25, 0.3) is 0 Å². The summed E-state index contributed by atoms with van der Waals surface area (Å²) < 4.78 is 63.9. The molecule has 2 saturated carbocycles. The van der Waals surface area contributed by atoms with Gasteiger partial charge >= 0.3 is 6.18 Å². The Bertz CT molecular complexity index is 909. The first-order chi connectivity index (χ1) is 14.3. The van der Waals surface area contributed by atoms with Gasteiger partial charge in [-0.15, -0.1) is 0 Å².